The Balaban J connectivity index is -0.000000302. The molecule has 0 aliphatic carbocycles. The summed E-state index contributed by atoms with van der Waals surface area (Å²) >= 11 is 0. The summed E-state index contributed by atoms with van der Waals surface area (Å²) < 4.78 is 0. The smallest absolute Gasteiger partial charge is 0.200 e. The molecule has 0 atom stereocenters. The molecule has 6 aromatic rings. The van der Waals surface area contributed by atoms with Gasteiger partial charge in [0, 0.05) is 115 Å². The Morgan fingerprint density at radius 1 is 0.566 bits per heavy atom. The summed E-state index contributed by atoms with van der Waals surface area (Å²) in [6, 6.07) is 27.3. The van der Waals surface area contributed by atoms with Gasteiger partial charge in [0.1, 0.15) is 18.5 Å². The van der Waals surface area contributed by atoms with E-state index in [0.29, 0.717) is 22.7 Å². The predicted octanol–water partition coefficient (Wildman–Crippen LogP) is 2.75. The number of tetrazole rings is 3. The van der Waals surface area contributed by atoms with Crippen LogP contribution in [0.4, 0.5) is 0 Å². The van der Waals surface area contributed by atoms with Gasteiger partial charge in [-0.2, -0.15) is 15.6 Å². The van der Waals surface area contributed by atoms with Gasteiger partial charge in [-0.25, -0.2) is 5.90 Å². The van der Waals surface area contributed by atoms with Crippen molar-refractivity contribution in [2.75, 3.05) is 7.11 Å². The van der Waals surface area contributed by atoms with E-state index in [9.17, 15) is 4.79 Å². The first-order chi connectivity index (χ1) is 24.7. The summed E-state index contributed by atoms with van der Waals surface area (Å²) in [5.74, 6) is 3.83. The van der Waals surface area contributed by atoms with E-state index in [2.05, 4.69) is 78.1 Å². The molecule has 3 aromatic carbocycles. The predicted molar refractivity (Wildman–Crippen MR) is 182 cm³/mol. The minimum atomic E-state index is -0.259. The average Bonchev–Trinajstić information content (AvgIpc) is 4.05. The molecule has 4 N–H and O–H groups in total. The fourth-order valence-corrected chi connectivity index (χ4v) is 3.17. The second kappa shape index (κ2) is 38.4. The van der Waals surface area contributed by atoms with Crippen molar-refractivity contribution < 1.29 is 118 Å². The van der Waals surface area contributed by atoms with Crippen LogP contribution in [0, 0.1) is 0 Å². The maximum atomic E-state index is 11.5. The number of rotatable bonds is 7. The van der Waals surface area contributed by atoms with E-state index in [1.165, 1.54) is 7.11 Å². The third kappa shape index (κ3) is 21.3. The fraction of sp³-hybridized carbons (Fsp3) is 0.226. The molecule has 19 nitrogen and oxygen atoms in total. The van der Waals surface area contributed by atoms with Crippen molar-refractivity contribution in [1.29, 1.82) is 0 Å². The van der Waals surface area contributed by atoms with E-state index in [-0.39, 0.29) is 121 Å². The molecule has 0 aliphatic rings. The topological polar surface area (TPSA) is 276 Å². The molecule has 3 heterocycles. The molecule has 3 radical (unpaired) electrons. The molecule has 53 heavy (non-hydrogen) atoms. The van der Waals surface area contributed by atoms with Crippen LogP contribution in [0.15, 0.2) is 101 Å². The van der Waals surface area contributed by atoms with E-state index in [1.54, 1.807) is 36.4 Å². The fourth-order valence-electron chi connectivity index (χ4n) is 3.17. The van der Waals surface area contributed by atoms with Crippen LogP contribution >= 0.6 is 0 Å². The SMILES string of the molecule is CC.CC.CC.CON=C(c1ccccc1)c1nnn[n-]1.NO.O=C(c1ccccc1)c1nnn[n-]1.ON=C(c1ccccc1)c1nnn[n-]1.[Y].[Y].[Y]. The summed E-state index contributed by atoms with van der Waals surface area (Å²) in [6.07, 6.45) is 0. The molecular formula is C31H40N15O4Y3-3. The number of nitrogens with zero attached hydrogens (tertiary/aromatic N) is 14. The number of hydrogen-bond acceptors (Lipinski definition) is 16. The van der Waals surface area contributed by atoms with Gasteiger partial charge in [0.05, 0.1) is 17.5 Å². The van der Waals surface area contributed by atoms with Crippen molar-refractivity contribution in [1.82, 2.24) is 61.9 Å². The van der Waals surface area contributed by atoms with Crippen LogP contribution in [-0.2, 0) is 103 Å². The number of nitrogens with two attached hydrogens (primary N) is 1. The molecule has 22 heteroatoms. The molecule has 275 valence electrons. The molecule has 0 fully saturated rings. The molecule has 3 aromatic heterocycles. The second-order valence-corrected chi connectivity index (χ2v) is 7.61. The van der Waals surface area contributed by atoms with Crippen molar-refractivity contribution in [3.8, 4) is 0 Å². The van der Waals surface area contributed by atoms with E-state index in [4.69, 9.17) is 15.3 Å². The molecule has 0 amide bonds. The van der Waals surface area contributed by atoms with Crippen molar-refractivity contribution in [3.63, 3.8) is 0 Å². The van der Waals surface area contributed by atoms with Crippen molar-refractivity contribution >= 4 is 17.2 Å². The first-order valence-electron chi connectivity index (χ1n) is 15.1. The molecule has 0 saturated carbocycles. The Morgan fingerprint density at radius 2 is 0.887 bits per heavy atom. The summed E-state index contributed by atoms with van der Waals surface area (Å²) in [5.41, 5.74) is 2.88. The largest absolute Gasteiger partial charge is 0.410 e. The zero-order valence-corrected chi connectivity index (χ0v) is 39.0. The van der Waals surface area contributed by atoms with E-state index in [1.807, 2.05) is 96.1 Å². The normalized spacial score (nSPS) is 9.15. The van der Waals surface area contributed by atoms with Crippen LogP contribution in [0.5, 0.6) is 0 Å². The minimum absolute atomic E-state index is 0. The molecule has 0 spiro atoms. The molecule has 0 bridgehead atoms. The number of aromatic nitrogens is 12. The Hall–Kier alpha value is -3.29. The zero-order chi connectivity index (χ0) is 37.4. The number of carbonyl (C=O) groups is 1. The number of oxime groups is 2. The first-order valence-corrected chi connectivity index (χ1v) is 15.1. The Kier molecular flexibility index (Phi) is 40.9. The van der Waals surface area contributed by atoms with E-state index < -0.39 is 0 Å². The van der Waals surface area contributed by atoms with Crippen LogP contribution in [0.2, 0.25) is 0 Å². The summed E-state index contributed by atoms with van der Waals surface area (Å²) in [5, 5.41) is 63.8. The monoisotopic (exact) mass is 953 g/mol. The number of benzene rings is 3. The summed E-state index contributed by atoms with van der Waals surface area (Å²) in [4.78, 5) is 16.2. The van der Waals surface area contributed by atoms with Gasteiger partial charge in [0.25, 0.3) is 0 Å². The summed E-state index contributed by atoms with van der Waals surface area (Å²) in [6.45, 7) is 12.0. The maximum absolute atomic E-state index is 11.5. The van der Waals surface area contributed by atoms with Crippen molar-refractivity contribution in [3.05, 3.63) is 125 Å². The third-order valence-corrected chi connectivity index (χ3v) is 5.00. The third-order valence-electron chi connectivity index (χ3n) is 5.00. The second-order valence-electron chi connectivity index (χ2n) is 7.61. The van der Waals surface area contributed by atoms with Gasteiger partial charge in [0.15, 0.2) is 5.78 Å². The average molecular weight is 953 g/mol. The quantitative estimate of drug-likeness (QED) is 0.0898. The van der Waals surface area contributed by atoms with Gasteiger partial charge in [-0.05, 0) is 0 Å². The van der Waals surface area contributed by atoms with Gasteiger partial charge in [-0.3, -0.25) is 35.7 Å². The Labute approximate surface area is 383 Å². The van der Waals surface area contributed by atoms with Crippen molar-refractivity contribution in [2.45, 2.75) is 41.5 Å². The van der Waals surface area contributed by atoms with E-state index >= 15 is 0 Å². The van der Waals surface area contributed by atoms with Gasteiger partial charge in [-0.15, -0.1) is 0 Å². The van der Waals surface area contributed by atoms with Crippen LogP contribution < -0.4 is 21.2 Å². The van der Waals surface area contributed by atoms with Gasteiger partial charge >= 0.3 is 0 Å². The standard InChI is InChI=1S/C9H8N5O.C8H6N5O.C8H6N4O.3C2H6.H3NO.3Y/c1-15-12-8(9-10-13-14-11-9)7-5-3-2-4-6-7;14-11-7(8-9-12-13-10-8)6-4-2-1-3-5-6;13-7(8-9-11-12-10-8)6-4-2-1-3-5-6;4*1-2;;;/h2-6H,1H3;1-5H,(H-,9,10,12,13,14);1-5H,(H,9,10,11,12,13);3*1-2H3;2H,1H2;;;/q2*-1;;;;;;;;/p-1. The van der Waals surface area contributed by atoms with Crippen LogP contribution in [0.25, 0.3) is 0 Å². The van der Waals surface area contributed by atoms with Gasteiger partial charge < -0.3 is 30.5 Å². The van der Waals surface area contributed by atoms with E-state index in [0.717, 1.165) is 5.56 Å². The number of hydrogen-bond donors (Lipinski definition) is 3. The Bertz CT molecular complexity index is 1690. The molecule has 0 saturated heterocycles. The first kappa shape index (κ1) is 56.5. The van der Waals surface area contributed by atoms with Gasteiger partial charge in [0.2, 0.25) is 0 Å². The number of ketones is 1. The van der Waals surface area contributed by atoms with Crippen LogP contribution in [-0.4, -0.2) is 81.3 Å². The Morgan fingerprint density at radius 3 is 1.21 bits per heavy atom. The van der Waals surface area contributed by atoms with Crippen molar-refractivity contribution in [2.24, 2.45) is 16.2 Å². The van der Waals surface area contributed by atoms with Crippen LogP contribution in [0.3, 0.4) is 0 Å². The summed E-state index contributed by atoms with van der Waals surface area (Å²) in [7, 11) is 1.47. The van der Waals surface area contributed by atoms with Gasteiger partial charge in [-0.1, -0.05) is 143 Å². The zero-order valence-electron chi connectivity index (χ0n) is 30.4. The minimum Gasteiger partial charge on any atom is -0.410 e. The maximum Gasteiger partial charge on any atom is 0.200 e. The van der Waals surface area contributed by atoms with Crippen LogP contribution in [0.1, 0.15) is 80.5 Å². The molecule has 0 aliphatic heterocycles. The molecular weight excluding hydrogens is 913 g/mol. The number of carbonyl (C=O) groups excluding carboxylic acids is 1. The molecule has 0 unspecified atom stereocenters. The molecule has 6 rings (SSSR count).